The minimum atomic E-state index is -0.0752. The second kappa shape index (κ2) is 4.78. The van der Waals surface area contributed by atoms with Gasteiger partial charge < -0.3 is 14.6 Å². The van der Waals surface area contributed by atoms with Crippen LogP contribution >= 0.6 is 0 Å². The predicted octanol–water partition coefficient (Wildman–Crippen LogP) is 1.76. The third-order valence-electron chi connectivity index (χ3n) is 3.09. The average Bonchev–Trinajstić information content (AvgIpc) is 2.39. The van der Waals surface area contributed by atoms with Crippen molar-refractivity contribution in [2.24, 2.45) is 0 Å². The van der Waals surface area contributed by atoms with E-state index < -0.39 is 0 Å². The van der Waals surface area contributed by atoms with Crippen molar-refractivity contribution < 1.29 is 14.6 Å². The van der Waals surface area contributed by atoms with Gasteiger partial charge in [-0.05, 0) is 31.0 Å². The molecule has 1 N–H and O–H groups in total. The first kappa shape index (κ1) is 12.6. The van der Waals surface area contributed by atoms with Gasteiger partial charge in [-0.15, -0.1) is 0 Å². The molecule has 2 rings (SSSR count). The molecular formula is C13H16N2O3. The number of methoxy groups -OCH3 is 2. The summed E-state index contributed by atoms with van der Waals surface area (Å²) < 4.78 is 10.3. The quantitative estimate of drug-likeness (QED) is 0.896. The first-order valence-electron chi connectivity index (χ1n) is 5.62. The molecule has 1 aromatic heterocycles. The normalized spacial score (nSPS) is 10.7. The van der Waals surface area contributed by atoms with Crippen molar-refractivity contribution in [2.45, 2.75) is 20.5 Å². The van der Waals surface area contributed by atoms with Gasteiger partial charge in [0.15, 0.2) is 0 Å². The van der Waals surface area contributed by atoms with Crippen molar-refractivity contribution in [3.63, 3.8) is 0 Å². The number of ether oxygens (including phenoxy) is 2. The number of aromatic nitrogens is 2. The van der Waals surface area contributed by atoms with Crippen molar-refractivity contribution in [2.75, 3.05) is 14.2 Å². The summed E-state index contributed by atoms with van der Waals surface area (Å²) in [5, 5.41) is 9.49. The monoisotopic (exact) mass is 248 g/mol. The zero-order chi connectivity index (χ0) is 13.3. The lowest BCUT2D eigenvalue weighted by atomic mass is 10.0. The molecule has 0 radical (unpaired) electrons. The summed E-state index contributed by atoms with van der Waals surface area (Å²) in [5.41, 5.74) is 4.20. The Morgan fingerprint density at radius 1 is 1.11 bits per heavy atom. The second-order valence-electron chi connectivity index (χ2n) is 4.07. The largest absolute Gasteiger partial charge is 0.477 e. The highest BCUT2D eigenvalue weighted by atomic mass is 16.5. The number of hydrogen-bond acceptors (Lipinski definition) is 5. The van der Waals surface area contributed by atoms with E-state index in [0.717, 1.165) is 16.7 Å². The zero-order valence-corrected chi connectivity index (χ0v) is 10.9. The summed E-state index contributed by atoms with van der Waals surface area (Å²) in [7, 11) is 3.03. The number of aryl methyl sites for hydroxylation is 1. The number of hydrogen-bond donors (Lipinski definition) is 1. The summed E-state index contributed by atoms with van der Waals surface area (Å²) in [6.07, 6.45) is 0. The van der Waals surface area contributed by atoms with E-state index >= 15 is 0 Å². The van der Waals surface area contributed by atoms with Crippen LogP contribution < -0.4 is 9.47 Å². The van der Waals surface area contributed by atoms with E-state index in [0.29, 0.717) is 22.8 Å². The van der Waals surface area contributed by atoms with Gasteiger partial charge in [-0.25, -0.2) is 9.97 Å². The fourth-order valence-electron chi connectivity index (χ4n) is 1.93. The number of rotatable bonds is 3. The third kappa shape index (κ3) is 1.86. The Hall–Kier alpha value is -1.88. The van der Waals surface area contributed by atoms with Crippen molar-refractivity contribution in [1.82, 2.24) is 9.97 Å². The highest BCUT2D eigenvalue weighted by Gasteiger charge is 2.15. The number of fused-ring (bicyclic) bond motifs is 1. The topological polar surface area (TPSA) is 64.5 Å². The summed E-state index contributed by atoms with van der Waals surface area (Å²) >= 11 is 0. The first-order valence-corrected chi connectivity index (χ1v) is 5.62. The standard InChI is InChI=1S/C13H16N2O3/c1-7-5-10-11(9(6-16)8(7)2)15-13(18-4)12(14-10)17-3/h5,16H,6H2,1-4H3. The average molecular weight is 248 g/mol. The van der Waals surface area contributed by atoms with Crippen molar-refractivity contribution in [3.8, 4) is 11.8 Å². The van der Waals surface area contributed by atoms with Crippen LogP contribution in [0.1, 0.15) is 16.7 Å². The second-order valence-corrected chi connectivity index (χ2v) is 4.07. The van der Waals surface area contributed by atoms with Crippen molar-refractivity contribution >= 4 is 11.0 Å². The molecule has 0 saturated heterocycles. The number of aliphatic hydroxyl groups excluding tert-OH is 1. The van der Waals surface area contributed by atoms with Crippen molar-refractivity contribution in [3.05, 3.63) is 22.8 Å². The van der Waals surface area contributed by atoms with Gasteiger partial charge in [-0.1, -0.05) is 0 Å². The van der Waals surface area contributed by atoms with Crippen LogP contribution in [0.4, 0.5) is 0 Å². The molecule has 0 bridgehead atoms. The van der Waals surface area contributed by atoms with E-state index in [-0.39, 0.29) is 6.61 Å². The summed E-state index contributed by atoms with van der Waals surface area (Å²) in [4.78, 5) is 8.72. The van der Waals surface area contributed by atoms with Gasteiger partial charge in [-0.2, -0.15) is 0 Å². The molecule has 0 unspecified atom stereocenters. The lowest BCUT2D eigenvalue weighted by Crippen LogP contribution is -2.02. The van der Waals surface area contributed by atoms with Crippen LogP contribution in [0.15, 0.2) is 6.07 Å². The Morgan fingerprint density at radius 2 is 1.72 bits per heavy atom. The number of nitrogens with zero attached hydrogens (tertiary/aromatic N) is 2. The molecule has 2 aromatic rings. The van der Waals surface area contributed by atoms with Crippen LogP contribution in [0.25, 0.3) is 11.0 Å². The molecule has 96 valence electrons. The highest BCUT2D eigenvalue weighted by Crippen LogP contribution is 2.29. The highest BCUT2D eigenvalue weighted by molar-refractivity contribution is 5.81. The van der Waals surface area contributed by atoms with Gasteiger partial charge in [0, 0.05) is 5.56 Å². The Labute approximate surface area is 105 Å². The molecule has 5 nitrogen and oxygen atoms in total. The van der Waals surface area contributed by atoms with Crippen LogP contribution in [0.3, 0.4) is 0 Å². The molecule has 1 heterocycles. The van der Waals surface area contributed by atoms with E-state index in [1.165, 1.54) is 14.2 Å². The van der Waals surface area contributed by atoms with Gasteiger partial charge in [0.1, 0.15) is 0 Å². The number of aliphatic hydroxyl groups is 1. The molecule has 0 amide bonds. The van der Waals surface area contributed by atoms with Gasteiger partial charge in [0.25, 0.3) is 11.8 Å². The fourth-order valence-corrected chi connectivity index (χ4v) is 1.93. The molecule has 5 heteroatoms. The lowest BCUT2D eigenvalue weighted by Gasteiger charge is -2.12. The molecule has 0 saturated carbocycles. The minimum absolute atomic E-state index is 0.0752. The van der Waals surface area contributed by atoms with Gasteiger partial charge >= 0.3 is 0 Å². The molecule has 18 heavy (non-hydrogen) atoms. The third-order valence-corrected chi connectivity index (χ3v) is 3.09. The molecule has 0 fully saturated rings. The van der Waals surface area contributed by atoms with Crippen LogP contribution in [-0.2, 0) is 6.61 Å². The summed E-state index contributed by atoms with van der Waals surface area (Å²) in [5.74, 6) is 0.667. The maximum absolute atomic E-state index is 9.49. The van der Waals surface area contributed by atoms with Crippen LogP contribution in [-0.4, -0.2) is 29.3 Å². The zero-order valence-electron chi connectivity index (χ0n) is 10.9. The van der Waals surface area contributed by atoms with Gasteiger partial charge in [0.05, 0.1) is 31.9 Å². The fraction of sp³-hybridized carbons (Fsp3) is 0.385. The molecule has 0 atom stereocenters. The Morgan fingerprint density at radius 3 is 2.28 bits per heavy atom. The molecular weight excluding hydrogens is 232 g/mol. The molecule has 1 aromatic carbocycles. The van der Waals surface area contributed by atoms with Gasteiger partial charge in [0.2, 0.25) is 0 Å². The van der Waals surface area contributed by atoms with Crippen LogP contribution in [0, 0.1) is 13.8 Å². The van der Waals surface area contributed by atoms with Gasteiger partial charge in [-0.3, -0.25) is 0 Å². The van der Waals surface area contributed by atoms with Crippen LogP contribution in [0.2, 0.25) is 0 Å². The van der Waals surface area contributed by atoms with E-state index in [9.17, 15) is 5.11 Å². The number of benzene rings is 1. The molecule has 0 aliphatic heterocycles. The van der Waals surface area contributed by atoms with E-state index in [1.807, 2.05) is 19.9 Å². The summed E-state index contributed by atoms with van der Waals surface area (Å²) in [6, 6.07) is 1.93. The minimum Gasteiger partial charge on any atom is -0.477 e. The van der Waals surface area contributed by atoms with E-state index in [4.69, 9.17) is 9.47 Å². The van der Waals surface area contributed by atoms with E-state index in [2.05, 4.69) is 9.97 Å². The maximum atomic E-state index is 9.49. The summed E-state index contributed by atoms with van der Waals surface area (Å²) in [6.45, 7) is 3.86. The Kier molecular flexibility index (Phi) is 3.34. The molecule has 0 aliphatic rings. The smallest absolute Gasteiger partial charge is 0.278 e. The molecule has 0 aliphatic carbocycles. The van der Waals surface area contributed by atoms with Crippen LogP contribution in [0.5, 0.6) is 11.8 Å². The lowest BCUT2D eigenvalue weighted by molar-refractivity contribution is 0.282. The first-order chi connectivity index (χ1) is 8.62. The predicted molar refractivity (Wildman–Crippen MR) is 68.0 cm³/mol. The Bertz CT molecular complexity index is 597. The SMILES string of the molecule is COc1nc2cc(C)c(C)c(CO)c2nc1OC. The van der Waals surface area contributed by atoms with Crippen molar-refractivity contribution in [1.29, 1.82) is 0 Å². The molecule has 0 spiro atoms. The maximum Gasteiger partial charge on any atom is 0.278 e. The van der Waals surface area contributed by atoms with E-state index in [1.54, 1.807) is 0 Å². The Balaban J connectivity index is 2.84.